The van der Waals surface area contributed by atoms with Crippen LogP contribution in [0.3, 0.4) is 0 Å². The Morgan fingerprint density at radius 2 is 2.04 bits per heavy atom. The molecule has 4 aliphatic rings. The molecule has 2 aliphatic carbocycles. The van der Waals surface area contributed by atoms with E-state index in [0.29, 0.717) is 38.7 Å². The third kappa shape index (κ3) is 2.05. The normalized spacial score (nSPS) is 46.0. The predicted molar refractivity (Wildman–Crippen MR) is 89.9 cm³/mol. The van der Waals surface area contributed by atoms with Crippen LogP contribution in [-0.2, 0) is 14.3 Å². The first-order valence-corrected chi connectivity index (χ1v) is 11.3. The number of alkyl carbamates (subject to hydrolysis) is 1. The second-order valence-electron chi connectivity index (χ2n) is 8.59. The summed E-state index contributed by atoms with van der Waals surface area (Å²) in [6.45, 7) is 7.67. The molecule has 4 fully saturated rings. The van der Waals surface area contributed by atoms with Gasteiger partial charge in [-0.15, -0.1) is 0 Å². The number of carbonyl (C=O) groups excluding carboxylic acids is 2. The first-order valence-electron chi connectivity index (χ1n) is 9.08. The van der Waals surface area contributed by atoms with Crippen molar-refractivity contribution in [3.05, 3.63) is 0 Å². The number of esters is 1. The van der Waals surface area contributed by atoms with E-state index in [4.69, 9.17) is 9.47 Å². The van der Waals surface area contributed by atoms with Gasteiger partial charge in [-0.25, -0.2) is 0 Å². The van der Waals surface area contributed by atoms with E-state index in [1.807, 2.05) is 0 Å². The molecule has 5 nitrogen and oxygen atoms in total. The Balaban J connectivity index is 1.57. The van der Waals surface area contributed by atoms with Gasteiger partial charge in [0.25, 0.3) is 0 Å². The number of cyclic esters (lactones) is 1. The molecule has 0 unspecified atom stereocenters. The van der Waals surface area contributed by atoms with Crippen molar-refractivity contribution < 1.29 is 19.1 Å². The van der Waals surface area contributed by atoms with Crippen molar-refractivity contribution in [3.63, 3.8) is 0 Å². The SMILES string of the molecule is CC1(C)[C@@H]2CC[C@@]1(C)[C@@]1(CNC(=O)O1)[C@H]2[Se]C[C@H]1CCCC(=O)O1. The summed E-state index contributed by atoms with van der Waals surface area (Å²) >= 11 is 0.300. The Kier molecular flexibility index (Phi) is 3.74. The van der Waals surface area contributed by atoms with Gasteiger partial charge in [0.2, 0.25) is 0 Å². The molecule has 0 aromatic heterocycles. The van der Waals surface area contributed by atoms with Crippen LogP contribution in [0.15, 0.2) is 0 Å². The Hall–Kier alpha value is -0.741. The Morgan fingerprint density at radius 3 is 2.71 bits per heavy atom. The van der Waals surface area contributed by atoms with Crippen molar-refractivity contribution in [1.82, 2.24) is 5.32 Å². The van der Waals surface area contributed by atoms with E-state index in [2.05, 4.69) is 26.1 Å². The van der Waals surface area contributed by atoms with Crippen LogP contribution in [0.1, 0.15) is 52.9 Å². The molecule has 0 aromatic carbocycles. The van der Waals surface area contributed by atoms with Crippen molar-refractivity contribution in [2.45, 2.75) is 74.7 Å². The quantitative estimate of drug-likeness (QED) is 0.585. The maximum atomic E-state index is 11.9. The van der Waals surface area contributed by atoms with E-state index in [-0.39, 0.29) is 34.6 Å². The molecule has 6 heteroatoms. The maximum absolute atomic E-state index is 11.9. The molecule has 134 valence electrons. The monoisotopic (exact) mass is 401 g/mol. The number of carbonyl (C=O) groups is 2. The van der Waals surface area contributed by atoms with Crippen molar-refractivity contribution in [3.8, 4) is 0 Å². The Labute approximate surface area is 149 Å². The zero-order valence-electron chi connectivity index (χ0n) is 14.7. The van der Waals surface area contributed by atoms with Gasteiger partial charge in [0.1, 0.15) is 0 Å². The van der Waals surface area contributed by atoms with Gasteiger partial charge in [0.05, 0.1) is 0 Å². The van der Waals surface area contributed by atoms with E-state index < -0.39 is 0 Å². The number of amides is 1. The number of fused-ring (bicyclic) bond motifs is 3. The molecule has 2 bridgehead atoms. The number of ether oxygens (including phenoxy) is 2. The molecule has 2 saturated heterocycles. The van der Waals surface area contributed by atoms with Gasteiger partial charge >= 0.3 is 149 Å². The van der Waals surface area contributed by atoms with E-state index in [9.17, 15) is 9.59 Å². The van der Waals surface area contributed by atoms with E-state index in [0.717, 1.165) is 24.6 Å². The number of hydrogen-bond acceptors (Lipinski definition) is 4. The molecule has 1 amide bonds. The van der Waals surface area contributed by atoms with Gasteiger partial charge in [0.15, 0.2) is 0 Å². The summed E-state index contributed by atoms with van der Waals surface area (Å²) in [6, 6.07) is 0. The van der Waals surface area contributed by atoms with Crippen molar-refractivity contribution >= 4 is 27.0 Å². The molecule has 2 heterocycles. The molecule has 2 saturated carbocycles. The van der Waals surface area contributed by atoms with Crippen LogP contribution in [0.5, 0.6) is 0 Å². The molecule has 4 rings (SSSR count). The molecule has 1 spiro atoms. The van der Waals surface area contributed by atoms with Crippen LogP contribution in [0.4, 0.5) is 4.79 Å². The van der Waals surface area contributed by atoms with Crippen LogP contribution in [0.2, 0.25) is 10.1 Å². The fraction of sp³-hybridized carbons (Fsp3) is 0.889. The first-order chi connectivity index (χ1) is 11.3. The molecule has 1 N–H and O–H groups in total. The summed E-state index contributed by atoms with van der Waals surface area (Å²) in [5.41, 5.74) is -0.163. The van der Waals surface area contributed by atoms with Crippen LogP contribution in [0, 0.1) is 16.7 Å². The molecule has 24 heavy (non-hydrogen) atoms. The Morgan fingerprint density at radius 1 is 1.25 bits per heavy atom. The van der Waals surface area contributed by atoms with E-state index >= 15 is 0 Å². The minimum absolute atomic E-state index is 0.0273. The number of nitrogens with one attached hydrogen (secondary N) is 1. The van der Waals surface area contributed by atoms with Gasteiger partial charge in [-0.1, -0.05) is 0 Å². The average Bonchev–Trinajstić information content (AvgIpc) is 3.05. The summed E-state index contributed by atoms with van der Waals surface area (Å²) in [5, 5.41) is 3.89. The standard InChI is InChI=1S/C18H27NO4Se/c1-16(2)12-7-8-17(16,3)18(10-19-15(21)23-18)14(12)24-9-11-5-4-6-13(20)22-11/h11-12,14H,4-10H2,1-3H3,(H,19,21)/t11-,12-,14+,17-,18-/m1/s1. The topological polar surface area (TPSA) is 64.6 Å². The van der Waals surface area contributed by atoms with Crippen molar-refractivity contribution in [2.75, 3.05) is 6.54 Å². The van der Waals surface area contributed by atoms with Crippen LogP contribution < -0.4 is 5.32 Å². The third-order valence-corrected chi connectivity index (χ3v) is 10.9. The zero-order chi connectivity index (χ0) is 17.2. The average molecular weight is 400 g/mol. The third-order valence-electron chi connectivity index (χ3n) is 7.50. The fourth-order valence-corrected chi connectivity index (χ4v) is 9.98. The Bertz CT molecular complexity index is 579. The summed E-state index contributed by atoms with van der Waals surface area (Å²) in [7, 11) is 0. The van der Waals surface area contributed by atoms with Gasteiger partial charge < -0.3 is 0 Å². The van der Waals surface area contributed by atoms with Gasteiger partial charge in [-0.05, 0) is 0 Å². The first kappa shape index (κ1) is 16.7. The number of rotatable bonds is 3. The molecular weight excluding hydrogens is 373 g/mol. The van der Waals surface area contributed by atoms with Crippen molar-refractivity contribution in [1.29, 1.82) is 0 Å². The molecule has 0 aromatic rings. The predicted octanol–water partition coefficient (Wildman–Crippen LogP) is 2.93. The zero-order valence-corrected chi connectivity index (χ0v) is 16.4. The number of hydrogen-bond donors (Lipinski definition) is 1. The van der Waals surface area contributed by atoms with E-state index in [1.54, 1.807) is 0 Å². The van der Waals surface area contributed by atoms with Crippen LogP contribution in [-0.4, -0.2) is 45.3 Å². The summed E-state index contributed by atoms with van der Waals surface area (Å²) < 4.78 is 11.5. The van der Waals surface area contributed by atoms with Gasteiger partial charge in [-0.3, -0.25) is 0 Å². The molecule has 0 radical (unpaired) electrons. The van der Waals surface area contributed by atoms with Crippen molar-refractivity contribution in [2.24, 2.45) is 16.7 Å². The summed E-state index contributed by atoms with van der Waals surface area (Å²) in [5.74, 6) is 0.542. The van der Waals surface area contributed by atoms with E-state index in [1.165, 1.54) is 6.42 Å². The van der Waals surface area contributed by atoms with Crippen LogP contribution >= 0.6 is 0 Å². The summed E-state index contributed by atoms with van der Waals surface area (Å²) in [4.78, 5) is 23.9. The minimum atomic E-state index is -0.366. The second-order valence-corrected chi connectivity index (χ2v) is 11.1. The second kappa shape index (κ2) is 5.38. The molecule has 2 aliphatic heterocycles. The molecule has 5 atom stereocenters. The van der Waals surface area contributed by atoms with Gasteiger partial charge in [-0.2, -0.15) is 0 Å². The fourth-order valence-electron chi connectivity index (χ4n) is 5.73. The molecular formula is C18H27NO4Se. The van der Waals surface area contributed by atoms with Crippen LogP contribution in [0.25, 0.3) is 0 Å². The van der Waals surface area contributed by atoms with Gasteiger partial charge in [0, 0.05) is 0 Å². The summed E-state index contributed by atoms with van der Waals surface area (Å²) in [6.07, 6.45) is 4.65.